The summed E-state index contributed by atoms with van der Waals surface area (Å²) in [4.78, 5) is 4.36. The summed E-state index contributed by atoms with van der Waals surface area (Å²) in [6.07, 6.45) is 1.56. The molecule has 0 unspecified atom stereocenters. The molecule has 2 aromatic carbocycles. The van der Waals surface area contributed by atoms with Crippen LogP contribution in [0.3, 0.4) is 0 Å². The molecule has 19 heavy (non-hydrogen) atoms. The highest BCUT2D eigenvalue weighted by atomic mass is 35.5. The van der Waals surface area contributed by atoms with Gasteiger partial charge < -0.3 is 5.11 Å². The maximum absolute atomic E-state index is 9.83. The minimum absolute atomic E-state index is 0.0143. The van der Waals surface area contributed by atoms with Gasteiger partial charge in [0.05, 0.1) is 10.7 Å². The average molecular weight is 294 g/mol. The summed E-state index contributed by atoms with van der Waals surface area (Å²) in [5.41, 5.74) is 3.60. The number of benzene rings is 2. The highest BCUT2D eigenvalue weighted by Gasteiger charge is 2.06. The van der Waals surface area contributed by atoms with Gasteiger partial charge in [0.2, 0.25) is 0 Å². The molecule has 2 aromatic rings. The first-order valence-corrected chi connectivity index (χ1v) is 6.52. The van der Waals surface area contributed by atoms with Crippen molar-refractivity contribution in [2.45, 2.75) is 13.8 Å². The molecule has 0 saturated heterocycles. The van der Waals surface area contributed by atoms with E-state index in [1.807, 2.05) is 26.0 Å². The summed E-state index contributed by atoms with van der Waals surface area (Å²) in [5, 5.41) is 10.5. The first-order valence-electron chi connectivity index (χ1n) is 5.76. The highest BCUT2D eigenvalue weighted by Crippen LogP contribution is 2.30. The van der Waals surface area contributed by atoms with E-state index in [1.54, 1.807) is 12.3 Å². The number of rotatable bonds is 2. The normalized spacial score (nSPS) is 11.2. The summed E-state index contributed by atoms with van der Waals surface area (Å²) in [5.74, 6) is -0.0143. The van der Waals surface area contributed by atoms with Crippen molar-refractivity contribution in [2.75, 3.05) is 0 Å². The first-order chi connectivity index (χ1) is 8.97. The Morgan fingerprint density at radius 1 is 1.11 bits per heavy atom. The van der Waals surface area contributed by atoms with E-state index in [0.717, 1.165) is 11.3 Å². The molecule has 0 aliphatic heterocycles. The maximum atomic E-state index is 9.83. The van der Waals surface area contributed by atoms with Crippen molar-refractivity contribution < 1.29 is 5.11 Å². The minimum Gasteiger partial charge on any atom is -0.506 e. The SMILES string of the molecule is Cc1ccc(N=Cc2cc(Cl)cc(Cl)c2O)c(C)c1. The smallest absolute Gasteiger partial charge is 0.143 e. The molecular weight excluding hydrogens is 281 g/mol. The predicted octanol–water partition coefficient (Wildman–Crippen LogP) is 5.07. The van der Waals surface area contributed by atoms with Crippen LogP contribution in [-0.4, -0.2) is 11.3 Å². The molecule has 2 rings (SSSR count). The molecule has 0 saturated carbocycles. The van der Waals surface area contributed by atoms with Gasteiger partial charge >= 0.3 is 0 Å². The Hall–Kier alpha value is -1.51. The molecule has 0 aromatic heterocycles. The van der Waals surface area contributed by atoms with Crippen LogP contribution in [0, 0.1) is 13.8 Å². The zero-order valence-electron chi connectivity index (χ0n) is 10.6. The van der Waals surface area contributed by atoms with E-state index in [1.165, 1.54) is 11.6 Å². The van der Waals surface area contributed by atoms with Crippen LogP contribution in [0.25, 0.3) is 0 Å². The Kier molecular flexibility index (Phi) is 4.13. The van der Waals surface area contributed by atoms with Crippen LogP contribution in [0.15, 0.2) is 35.3 Å². The number of hydrogen-bond acceptors (Lipinski definition) is 2. The second kappa shape index (κ2) is 5.64. The standard InChI is InChI=1S/C15H13Cl2NO/c1-9-3-4-14(10(2)5-9)18-8-11-6-12(16)7-13(17)15(11)19/h3-8,19H,1-2H3. The summed E-state index contributed by atoms with van der Waals surface area (Å²) in [6.45, 7) is 4.02. The number of aryl methyl sites for hydroxylation is 2. The third-order valence-corrected chi connectivity index (χ3v) is 3.26. The Labute approximate surface area is 122 Å². The fourth-order valence-corrected chi connectivity index (χ4v) is 2.28. The van der Waals surface area contributed by atoms with Crippen molar-refractivity contribution in [1.29, 1.82) is 0 Å². The summed E-state index contributed by atoms with van der Waals surface area (Å²) in [7, 11) is 0. The molecule has 98 valence electrons. The summed E-state index contributed by atoms with van der Waals surface area (Å²) in [6, 6.07) is 9.09. The largest absolute Gasteiger partial charge is 0.506 e. The lowest BCUT2D eigenvalue weighted by Crippen LogP contribution is -1.85. The molecule has 4 heteroatoms. The van der Waals surface area contributed by atoms with Gasteiger partial charge in [-0.05, 0) is 37.6 Å². The molecule has 2 nitrogen and oxygen atoms in total. The van der Waals surface area contributed by atoms with Crippen LogP contribution in [0.2, 0.25) is 10.0 Å². The van der Waals surface area contributed by atoms with Gasteiger partial charge in [-0.15, -0.1) is 0 Å². The number of halogens is 2. The average Bonchev–Trinajstić information content (AvgIpc) is 2.33. The van der Waals surface area contributed by atoms with E-state index in [4.69, 9.17) is 23.2 Å². The van der Waals surface area contributed by atoms with Crippen LogP contribution < -0.4 is 0 Å². The Morgan fingerprint density at radius 2 is 1.84 bits per heavy atom. The second-order valence-electron chi connectivity index (χ2n) is 4.37. The van der Waals surface area contributed by atoms with Gasteiger partial charge in [-0.25, -0.2) is 0 Å². The lowest BCUT2D eigenvalue weighted by molar-refractivity contribution is 0.475. The van der Waals surface area contributed by atoms with E-state index in [2.05, 4.69) is 11.1 Å². The third-order valence-electron chi connectivity index (χ3n) is 2.75. The highest BCUT2D eigenvalue weighted by molar-refractivity contribution is 6.36. The van der Waals surface area contributed by atoms with Gasteiger partial charge in [0.25, 0.3) is 0 Å². The quantitative estimate of drug-likeness (QED) is 0.771. The van der Waals surface area contributed by atoms with Gasteiger partial charge in [0.15, 0.2) is 0 Å². The monoisotopic (exact) mass is 293 g/mol. The lowest BCUT2D eigenvalue weighted by Gasteiger charge is -2.04. The number of aliphatic imine (C=N–C) groups is 1. The van der Waals surface area contributed by atoms with Crippen LogP contribution in [0.4, 0.5) is 5.69 Å². The van der Waals surface area contributed by atoms with Crippen LogP contribution in [0.1, 0.15) is 16.7 Å². The Bertz CT molecular complexity index is 651. The fraction of sp³-hybridized carbons (Fsp3) is 0.133. The molecule has 0 aliphatic rings. The second-order valence-corrected chi connectivity index (χ2v) is 5.22. The Morgan fingerprint density at radius 3 is 2.53 bits per heavy atom. The Balaban J connectivity index is 2.38. The number of nitrogens with zero attached hydrogens (tertiary/aromatic N) is 1. The van der Waals surface area contributed by atoms with Gasteiger partial charge in [0, 0.05) is 16.8 Å². The van der Waals surface area contributed by atoms with E-state index < -0.39 is 0 Å². The molecule has 1 N–H and O–H groups in total. The molecular formula is C15H13Cl2NO. The van der Waals surface area contributed by atoms with Crippen molar-refractivity contribution in [1.82, 2.24) is 0 Å². The van der Waals surface area contributed by atoms with Crippen molar-refractivity contribution in [3.63, 3.8) is 0 Å². The van der Waals surface area contributed by atoms with Crippen LogP contribution in [-0.2, 0) is 0 Å². The van der Waals surface area contributed by atoms with Gasteiger partial charge in [-0.3, -0.25) is 4.99 Å². The zero-order chi connectivity index (χ0) is 14.0. The number of hydrogen-bond donors (Lipinski definition) is 1. The molecule has 0 atom stereocenters. The topological polar surface area (TPSA) is 32.6 Å². The number of aromatic hydroxyl groups is 1. The lowest BCUT2D eigenvalue weighted by atomic mass is 10.1. The fourth-order valence-electron chi connectivity index (χ4n) is 1.77. The van der Waals surface area contributed by atoms with Gasteiger partial charge in [-0.2, -0.15) is 0 Å². The molecule has 0 fully saturated rings. The predicted molar refractivity (Wildman–Crippen MR) is 81.3 cm³/mol. The summed E-state index contributed by atoms with van der Waals surface area (Å²) >= 11 is 11.8. The number of phenols is 1. The van der Waals surface area contributed by atoms with E-state index in [9.17, 15) is 5.11 Å². The molecule has 0 bridgehead atoms. The van der Waals surface area contributed by atoms with Crippen molar-refractivity contribution in [3.05, 3.63) is 57.1 Å². The minimum atomic E-state index is -0.0143. The van der Waals surface area contributed by atoms with Crippen molar-refractivity contribution >= 4 is 35.1 Å². The molecule has 0 radical (unpaired) electrons. The van der Waals surface area contributed by atoms with E-state index in [0.29, 0.717) is 10.6 Å². The van der Waals surface area contributed by atoms with E-state index >= 15 is 0 Å². The maximum Gasteiger partial charge on any atom is 0.143 e. The van der Waals surface area contributed by atoms with Crippen molar-refractivity contribution in [3.8, 4) is 5.75 Å². The summed E-state index contributed by atoms with van der Waals surface area (Å²) < 4.78 is 0. The molecule has 0 aliphatic carbocycles. The third kappa shape index (κ3) is 3.28. The van der Waals surface area contributed by atoms with Gasteiger partial charge in [0.1, 0.15) is 5.75 Å². The van der Waals surface area contributed by atoms with Crippen LogP contribution in [0.5, 0.6) is 5.75 Å². The molecule has 0 amide bonds. The van der Waals surface area contributed by atoms with Gasteiger partial charge in [-0.1, -0.05) is 40.9 Å². The molecule has 0 spiro atoms. The number of phenolic OH excluding ortho intramolecular Hbond substituents is 1. The molecule has 0 heterocycles. The first kappa shape index (κ1) is 13.9. The van der Waals surface area contributed by atoms with Crippen LogP contribution >= 0.6 is 23.2 Å². The zero-order valence-corrected chi connectivity index (χ0v) is 12.1. The van der Waals surface area contributed by atoms with Crippen molar-refractivity contribution in [2.24, 2.45) is 4.99 Å². The van der Waals surface area contributed by atoms with E-state index in [-0.39, 0.29) is 10.8 Å².